The second-order valence-electron chi connectivity index (χ2n) is 5.43. The monoisotopic (exact) mass is 360 g/mol. The van der Waals surface area contributed by atoms with Gasteiger partial charge in [-0.05, 0) is 35.4 Å². The number of benzene rings is 2. The van der Waals surface area contributed by atoms with E-state index >= 15 is 0 Å². The Bertz CT molecular complexity index is 708. The lowest BCUT2D eigenvalue weighted by molar-refractivity contribution is -0.120. The average Bonchev–Trinajstić information content (AvgIpc) is 2.70. The topological polar surface area (TPSA) is 92.0 Å². The van der Waals surface area contributed by atoms with Crippen LogP contribution in [0.15, 0.2) is 36.4 Å². The van der Waals surface area contributed by atoms with Gasteiger partial charge in [-0.1, -0.05) is 12.1 Å². The molecule has 0 aliphatic heterocycles. The zero-order valence-corrected chi connectivity index (χ0v) is 15.4. The van der Waals surface area contributed by atoms with Gasteiger partial charge in [0, 0.05) is 0 Å². The molecule has 0 atom stereocenters. The molecule has 2 rings (SSSR count). The van der Waals surface area contributed by atoms with E-state index in [2.05, 4.69) is 5.32 Å². The van der Waals surface area contributed by atoms with Crippen molar-refractivity contribution < 1.29 is 23.7 Å². The predicted molar refractivity (Wildman–Crippen MR) is 98.1 cm³/mol. The van der Waals surface area contributed by atoms with E-state index in [1.54, 1.807) is 40.6 Å². The molecule has 0 saturated carbocycles. The SMILES string of the molecule is COc1ccc(C(NC(=O)CN)c2ccc(OC)c(OC)c2)cc1OC. The van der Waals surface area contributed by atoms with Gasteiger partial charge in [0.2, 0.25) is 5.91 Å². The van der Waals surface area contributed by atoms with Crippen molar-refractivity contribution in [3.05, 3.63) is 47.5 Å². The Morgan fingerprint density at radius 2 is 1.27 bits per heavy atom. The van der Waals surface area contributed by atoms with Crippen molar-refractivity contribution >= 4 is 5.91 Å². The summed E-state index contributed by atoms with van der Waals surface area (Å²) in [7, 11) is 6.26. The number of hydrogen-bond acceptors (Lipinski definition) is 6. The van der Waals surface area contributed by atoms with Gasteiger partial charge in [-0.3, -0.25) is 4.79 Å². The summed E-state index contributed by atoms with van der Waals surface area (Å²) >= 11 is 0. The van der Waals surface area contributed by atoms with Crippen LogP contribution >= 0.6 is 0 Å². The molecule has 0 bridgehead atoms. The molecule has 7 heteroatoms. The molecule has 2 aromatic rings. The largest absolute Gasteiger partial charge is 0.493 e. The van der Waals surface area contributed by atoms with Crippen LogP contribution in [-0.2, 0) is 4.79 Å². The van der Waals surface area contributed by atoms with E-state index in [0.29, 0.717) is 23.0 Å². The summed E-state index contributed by atoms with van der Waals surface area (Å²) in [5.41, 5.74) is 7.11. The van der Waals surface area contributed by atoms with Gasteiger partial charge in [0.25, 0.3) is 0 Å². The van der Waals surface area contributed by atoms with Crippen molar-refractivity contribution in [2.45, 2.75) is 6.04 Å². The third kappa shape index (κ3) is 4.18. The fourth-order valence-electron chi connectivity index (χ4n) is 2.64. The molecule has 0 aliphatic rings. The van der Waals surface area contributed by atoms with E-state index in [-0.39, 0.29) is 12.5 Å². The molecule has 7 nitrogen and oxygen atoms in total. The van der Waals surface area contributed by atoms with Crippen LogP contribution in [0.4, 0.5) is 0 Å². The Morgan fingerprint density at radius 1 is 0.846 bits per heavy atom. The fraction of sp³-hybridized carbons (Fsp3) is 0.316. The number of rotatable bonds is 8. The molecule has 0 heterocycles. The third-order valence-electron chi connectivity index (χ3n) is 3.97. The molecule has 0 radical (unpaired) electrons. The van der Waals surface area contributed by atoms with Gasteiger partial charge in [-0.2, -0.15) is 0 Å². The number of nitrogens with two attached hydrogens (primary N) is 1. The highest BCUT2D eigenvalue weighted by Crippen LogP contribution is 2.35. The highest BCUT2D eigenvalue weighted by atomic mass is 16.5. The zero-order valence-electron chi connectivity index (χ0n) is 15.4. The minimum Gasteiger partial charge on any atom is -0.493 e. The Hall–Kier alpha value is -2.93. The van der Waals surface area contributed by atoms with E-state index in [1.165, 1.54) is 0 Å². The van der Waals surface area contributed by atoms with E-state index < -0.39 is 6.04 Å². The molecule has 0 aromatic heterocycles. The summed E-state index contributed by atoms with van der Waals surface area (Å²) in [6.07, 6.45) is 0. The number of carbonyl (C=O) groups is 1. The molecule has 0 saturated heterocycles. The lowest BCUT2D eigenvalue weighted by Gasteiger charge is -2.22. The van der Waals surface area contributed by atoms with Gasteiger partial charge in [0.1, 0.15) is 0 Å². The number of ether oxygens (including phenoxy) is 4. The van der Waals surface area contributed by atoms with Crippen LogP contribution in [0.3, 0.4) is 0 Å². The van der Waals surface area contributed by atoms with Gasteiger partial charge in [0.05, 0.1) is 41.0 Å². The fourth-order valence-corrected chi connectivity index (χ4v) is 2.64. The second-order valence-corrected chi connectivity index (χ2v) is 5.43. The zero-order chi connectivity index (χ0) is 19.1. The molecule has 140 valence electrons. The summed E-state index contributed by atoms with van der Waals surface area (Å²) in [5.74, 6) is 2.06. The molecule has 0 aliphatic carbocycles. The standard InChI is InChI=1S/C19H24N2O5/c1-23-14-7-5-12(9-16(14)25-3)19(21-18(22)11-20)13-6-8-15(24-2)17(10-13)26-4/h5-10,19H,11,20H2,1-4H3,(H,21,22). The molecular formula is C19H24N2O5. The van der Waals surface area contributed by atoms with Gasteiger partial charge in [-0.15, -0.1) is 0 Å². The maximum atomic E-state index is 12.0. The number of methoxy groups -OCH3 is 4. The first-order chi connectivity index (χ1) is 12.6. The molecule has 2 aromatic carbocycles. The van der Waals surface area contributed by atoms with E-state index in [1.807, 2.05) is 24.3 Å². The van der Waals surface area contributed by atoms with Crippen LogP contribution in [0, 0.1) is 0 Å². The quantitative estimate of drug-likeness (QED) is 0.747. The van der Waals surface area contributed by atoms with Gasteiger partial charge in [-0.25, -0.2) is 0 Å². The summed E-state index contributed by atoms with van der Waals surface area (Å²) < 4.78 is 21.3. The van der Waals surface area contributed by atoms with Crippen LogP contribution in [0.25, 0.3) is 0 Å². The smallest absolute Gasteiger partial charge is 0.234 e. The first kappa shape index (κ1) is 19.4. The van der Waals surface area contributed by atoms with Crippen LogP contribution in [0.1, 0.15) is 17.2 Å². The Kier molecular flexibility index (Phi) is 6.68. The molecule has 0 unspecified atom stereocenters. The summed E-state index contributed by atoms with van der Waals surface area (Å²) in [6.45, 7) is -0.114. The van der Waals surface area contributed by atoms with Crippen LogP contribution in [0.2, 0.25) is 0 Å². The summed E-state index contributed by atoms with van der Waals surface area (Å²) in [4.78, 5) is 12.0. The van der Waals surface area contributed by atoms with Gasteiger partial charge >= 0.3 is 0 Å². The third-order valence-corrected chi connectivity index (χ3v) is 3.97. The summed E-state index contributed by atoms with van der Waals surface area (Å²) in [5, 5.41) is 2.92. The highest BCUT2D eigenvalue weighted by molar-refractivity contribution is 5.79. The Balaban J connectivity index is 2.52. The molecular weight excluding hydrogens is 336 g/mol. The summed E-state index contributed by atoms with van der Waals surface area (Å²) in [6, 6.07) is 10.5. The van der Waals surface area contributed by atoms with Crippen LogP contribution in [-0.4, -0.2) is 40.9 Å². The lowest BCUT2D eigenvalue weighted by atomic mass is 9.97. The van der Waals surface area contributed by atoms with Crippen LogP contribution in [0.5, 0.6) is 23.0 Å². The van der Waals surface area contributed by atoms with Crippen molar-refractivity contribution in [2.24, 2.45) is 5.73 Å². The lowest BCUT2D eigenvalue weighted by Crippen LogP contribution is -2.34. The van der Waals surface area contributed by atoms with E-state index in [4.69, 9.17) is 24.7 Å². The number of hydrogen-bond donors (Lipinski definition) is 2. The molecule has 0 spiro atoms. The van der Waals surface area contributed by atoms with Gasteiger partial charge in [0.15, 0.2) is 23.0 Å². The van der Waals surface area contributed by atoms with Crippen molar-refractivity contribution in [3.63, 3.8) is 0 Å². The average molecular weight is 360 g/mol. The predicted octanol–water partition coefficient (Wildman–Crippen LogP) is 1.89. The maximum absolute atomic E-state index is 12.0. The Morgan fingerprint density at radius 3 is 1.62 bits per heavy atom. The molecule has 0 fully saturated rings. The highest BCUT2D eigenvalue weighted by Gasteiger charge is 2.20. The van der Waals surface area contributed by atoms with Gasteiger partial charge < -0.3 is 30.0 Å². The maximum Gasteiger partial charge on any atom is 0.234 e. The minimum atomic E-state index is -0.439. The van der Waals surface area contributed by atoms with Crippen molar-refractivity contribution in [1.29, 1.82) is 0 Å². The van der Waals surface area contributed by atoms with E-state index in [9.17, 15) is 4.79 Å². The Labute approximate surface area is 153 Å². The second kappa shape index (κ2) is 8.96. The van der Waals surface area contributed by atoms with Crippen molar-refractivity contribution in [2.75, 3.05) is 35.0 Å². The first-order valence-electron chi connectivity index (χ1n) is 8.01. The van der Waals surface area contributed by atoms with Crippen molar-refractivity contribution in [1.82, 2.24) is 5.32 Å². The number of amides is 1. The number of nitrogens with one attached hydrogen (secondary N) is 1. The van der Waals surface area contributed by atoms with Crippen molar-refractivity contribution in [3.8, 4) is 23.0 Å². The molecule has 3 N–H and O–H groups in total. The molecule has 1 amide bonds. The first-order valence-corrected chi connectivity index (χ1v) is 8.01. The van der Waals surface area contributed by atoms with Crippen LogP contribution < -0.4 is 30.0 Å². The molecule has 26 heavy (non-hydrogen) atoms. The number of carbonyl (C=O) groups excluding carboxylic acids is 1. The minimum absolute atomic E-state index is 0.114. The van der Waals surface area contributed by atoms with E-state index in [0.717, 1.165) is 11.1 Å². The normalized spacial score (nSPS) is 10.4.